The van der Waals surface area contributed by atoms with Crippen molar-refractivity contribution < 1.29 is 0 Å². The fourth-order valence-corrected chi connectivity index (χ4v) is 2.79. The summed E-state index contributed by atoms with van der Waals surface area (Å²) in [5.41, 5.74) is 6.59. The maximum atomic E-state index is 5.70. The van der Waals surface area contributed by atoms with E-state index in [-0.39, 0.29) is 0 Å². The molecule has 2 rings (SSSR count). The maximum Gasteiger partial charge on any atom is 0.0930 e. The van der Waals surface area contributed by atoms with Gasteiger partial charge in [-0.15, -0.1) is 11.3 Å². The van der Waals surface area contributed by atoms with Crippen molar-refractivity contribution in [2.24, 2.45) is 5.92 Å². The first kappa shape index (κ1) is 7.62. The molecule has 3 heteroatoms. The predicted molar refractivity (Wildman–Crippen MR) is 52.9 cm³/mol. The van der Waals surface area contributed by atoms with E-state index < -0.39 is 0 Å². The molecular weight excluding hydrogens is 222 g/mol. The summed E-state index contributed by atoms with van der Waals surface area (Å²) in [4.78, 5) is 1.43. The summed E-state index contributed by atoms with van der Waals surface area (Å²) in [6, 6.07) is 2.09. The quantitative estimate of drug-likeness (QED) is 0.833. The molecule has 1 aromatic rings. The molecule has 60 valence electrons. The minimum atomic E-state index is 0.894. The molecule has 0 bridgehead atoms. The Balaban J connectivity index is 2.11. The second-order valence-corrected chi connectivity index (χ2v) is 5.54. The minimum absolute atomic E-state index is 0.894. The van der Waals surface area contributed by atoms with Crippen molar-refractivity contribution in [3.63, 3.8) is 0 Å². The van der Waals surface area contributed by atoms with Crippen LogP contribution in [0, 0.1) is 5.92 Å². The van der Waals surface area contributed by atoms with Crippen LogP contribution in [0.15, 0.2) is 9.85 Å². The van der Waals surface area contributed by atoms with Gasteiger partial charge in [0.05, 0.1) is 9.47 Å². The average Bonchev–Trinajstić information content (AvgIpc) is 2.65. The lowest BCUT2D eigenvalue weighted by atomic mass is 10.2. The van der Waals surface area contributed by atoms with Crippen LogP contribution < -0.4 is 5.73 Å². The van der Waals surface area contributed by atoms with Gasteiger partial charge in [-0.1, -0.05) is 0 Å². The van der Waals surface area contributed by atoms with E-state index in [9.17, 15) is 0 Å². The molecule has 11 heavy (non-hydrogen) atoms. The minimum Gasteiger partial charge on any atom is -0.397 e. The lowest BCUT2D eigenvalue weighted by Gasteiger charge is -1.88. The van der Waals surface area contributed by atoms with Crippen molar-refractivity contribution in [1.82, 2.24) is 0 Å². The van der Waals surface area contributed by atoms with E-state index in [0.717, 1.165) is 15.4 Å². The maximum absolute atomic E-state index is 5.70. The molecule has 0 aliphatic heterocycles. The Hall–Kier alpha value is -0.0200. The molecule has 0 unspecified atom stereocenters. The smallest absolute Gasteiger partial charge is 0.0930 e. The zero-order valence-corrected chi connectivity index (χ0v) is 8.54. The Morgan fingerprint density at radius 3 is 2.82 bits per heavy atom. The van der Waals surface area contributed by atoms with Gasteiger partial charge in [0, 0.05) is 4.88 Å². The fourth-order valence-electron chi connectivity index (χ4n) is 1.14. The molecule has 2 N–H and O–H groups in total. The van der Waals surface area contributed by atoms with E-state index in [4.69, 9.17) is 5.73 Å². The number of hydrogen-bond acceptors (Lipinski definition) is 2. The molecule has 0 aromatic carbocycles. The van der Waals surface area contributed by atoms with Crippen LogP contribution in [0.1, 0.15) is 17.7 Å². The monoisotopic (exact) mass is 231 g/mol. The predicted octanol–water partition coefficient (Wildman–Crippen LogP) is 3.05. The van der Waals surface area contributed by atoms with Gasteiger partial charge >= 0.3 is 0 Å². The van der Waals surface area contributed by atoms with E-state index >= 15 is 0 Å². The van der Waals surface area contributed by atoms with Gasteiger partial charge in [0.15, 0.2) is 0 Å². The Morgan fingerprint density at radius 2 is 2.36 bits per heavy atom. The summed E-state index contributed by atoms with van der Waals surface area (Å²) < 4.78 is 1.09. The van der Waals surface area contributed by atoms with Crippen molar-refractivity contribution in [3.8, 4) is 0 Å². The molecule has 0 saturated heterocycles. The van der Waals surface area contributed by atoms with E-state index in [1.54, 1.807) is 11.3 Å². The third-order valence-electron chi connectivity index (χ3n) is 1.95. The van der Waals surface area contributed by atoms with Gasteiger partial charge < -0.3 is 5.73 Å². The third kappa shape index (κ3) is 1.76. The first-order valence-electron chi connectivity index (χ1n) is 3.79. The van der Waals surface area contributed by atoms with Crippen LogP contribution in [0.3, 0.4) is 0 Å². The van der Waals surface area contributed by atoms with Crippen LogP contribution in [-0.4, -0.2) is 0 Å². The van der Waals surface area contributed by atoms with Gasteiger partial charge in [-0.3, -0.25) is 0 Å². The molecule has 1 saturated carbocycles. The molecule has 1 heterocycles. The van der Waals surface area contributed by atoms with Crippen molar-refractivity contribution >= 4 is 33.0 Å². The normalized spacial score (nSPS) is 17.2. The highest BCUT2D eigenvalue weighted by Gasteiger charge is 2.22. The molecule has 0 amide bonds. The standard InChI is InChI=1S/C8H10BrNS/c9-8-7(10)4-6(11-8)3-5-1-2-5/h4-5H,1-3,10H2. The number of nitrogen functional groups attached to an aromatic ring is 1. The highest BCUT2D eigenvalue weighted by atomic mass is 79.9. The summed E-state index contributed by atoms with van der Waals surface area (Å²) in [6.45, 7) is 0. The average molecular weight is 232 g/mol. The first-order valence-corrected chi connectivity index (χ1v) is 5.40. The second-order valence-electron chi connectivity index (χ2n) is 3.09. The molecule has 1 aromatic heterocycles. The Kier molecular flexibility index (Phi) is 1.93. The summed E-state index contributed by atoms with van der Waals surface area (Å²) in [6.07, 6.45) is 4.06. The van der Waals surface area contributed by atoms with Gasteiger partial charge in [-0.05, 0) is 47.2 Å². The van der Waals surface area contributed by atoms with Crippen LogP contribution in [0.2, 0.25) is 0 Å². The van der Waals surface area contributed by atoms with Gasteiger partial charge in [-0.25, -0.2) is 0 Å². The number of halogens is 1. The van der Waals surface area contributed by atoms with Gasteiger partial charge in [-0.2, -0.15) is 0 Å². The summed E-state index contributed by atoms with van der Waals surface area (Å²) in [7, 11) is 0. The summed E-state index contributed by atoms with van der Waals surface area (Å²) in [5.74, 6) is 0.958. The molecule has 1 fully saturated rings. The molecule has 0 atom stereocenters. The third-order valence-corrected chi connectivity index (χ3v) is 3.86. The first-order chi connectivity index (χ1) is 5.25. The van der Waals surface area contributed by atoms with Crippen LogP contribution in [-0.2, 0) is 6.42 Å². The van der Waals surface area contributed by atoms with E-state index in [1.807, 2.05) is 0 Å². The van der Waals surface area contributed by atoms with Gasteiger partial charge in [0.25, 0.3) is 0 Å². The number of anilines is 1. The van der Waals surface area contributed by atoms with E-state index in [1.165, 1.54) is 24.1 Å². The van der Waals surface area contributed by atoms with Gasteiger partial charge in [0.2, 0.25) is 0 Å². The lowest BCUT2D eigenvalue weighted by Crippen LogP contribution is -1.82. The number of thiophene rings is 1. The number of hydrogen-bond donors (Lipinski definition) is 1. The largest absolute Gasteiger partial charge is 0.397 e. The Labute approximate surface area is 78.7 Å². The topological polar surface area (TPSA) is 26.0 Å². The molecule has 0 radical (unpaired) electrons. The van der Waals surface area contributed by atoms with Crippen molar-refractivity contribution in [3.05, 3.63) is 14.7 Å². The number of rotatable bonds is 2. The molecule has 1 nitrogen and oxygen atoms in total. The fraction of sp³-hybridized carbons (Fsp3) is 0.500. The second kappa shape index (κ2) is 2.79. The van der Waals surface area contributed by atoms with Crippen LogP contribution in [0.4, 0.5) is 5.69 Å². The molecule has 0 spiro atoms. The lowest BCUT2D eigenvalue weighted by molar-refractivity contribution is 0.847. The number of nitrogens with two attached hydrogens (primary N) is 1. The zero-order valence-electron chi connectivity index (χ0n) is 6.14. The molecule has 1 aliphatic carbocycles. The van der Waals surface area contributed by atoms with Crippen molar-refractivity contribution in [1.29, 1.82) is 0 Å². The van der Waals surface area contributed by atoms with Crippen LogP contribution in [0.25, 0.3) is 0 Å². The van der Waals surface area contributed by atoms with Crippen molar-refractivity contribution in [2.45, 2.75) is 19.3 Å². The zero-order chi connectivity index (χ0) is 7.84. The van der Waals surface area contributed by atoms with Crippen LogP contribution in [0.5, 0.6) is 0 Å². The summed E-state index contributed by atoms with van der Waals surface area (Å²) in [5, 5.41) is 0. The molecular formula is C8H10BrNS. The van der Waals surface area contributed by atoms with Crippen LogP contribution >= 0.6 is 27.3 Å². The van der Waals surface area contributed by atoms with Gasteiger partial charge in [0.1, 0.15) is 0 Å². The SMILES string of the molecule is Nc1cc(CC2CC2)sc1Br. The van der Waals surface area contributed by atoms with E-state index in [0.29, 0.717) is 0 Å². The Morgan fingerprint density at radius 1 is 1.64 bits per heavy atom. The summed E-state index contributed by atoms with van der Waals surface area (Å²) >= 11 is 5.19. The highest BCUT2D eigenvalue weighted by molar-refractivity contribution is 9.11. The van der Waals surface area contributed by atoms with Crippen molar-refractivity contribution in [2.75, 3.05) is 5.73 Å². The Bertz CT molecular complexity index is 246. The molecule has 1 aliphatic rings. The van der Waals surface area contributed by atoms with E-state index in [2.05, 4.69) is 22.0 Å². The highest BCUT2D eigenvalue weighted by Crippen LogP contribution is 2.37.